The lowest BCUT2D eigenvalue weighted by atomic mass is 10.1. The number of aromatic carboxylic acids is 1. The molecule has 18 heavy (non-hydrogen) atoms. The molecule has 1 aliphatic rings. The quantitative estimate of drug-likeness (QED) is 0.858. The van der Waals surface area contributed by atoms with Crippen LogP contribution in [0, 0.1) is 6.92 Å². The van der Waals surface area contributed by atoms with Crippen molar-refractivity contribution in [2.24, 2.45) is 7.05 Å². The lowest BCUT2D eigenvalue weighted by Gasteiger charge is -2.10. The van der Waals surface area contributed by atoms with Crippen LogP contribution in [0.3, 0.4) is 0 Å². The van der Waals surface area contributed by atoms with Gasteiger partial charge in [-0.05, 0) is 19.8 Å². The fourth-order valence-electron chi connectivity index (χ4n) is 2.16. The first-order valence-electron chi connectivity index (χ1n) is 5.90. The van der Waals surface area contributed by atoms with Gasteiger partial charge in [-0.1, -0.05) is 0 Å². The topological polar surface area (TPSA) is 80.0 Å². The zero-order valence-electron chi connectivity index (χ0n) is 10.3. The van der Waals surface area contributed by atoms with Crippen LogP contribution in [0.1, 0.15) is 28.9 Å². The normalized spacial score (nSPS) is 15.0. The number of hydrogen-bond donors (Lipinski definition) is 2. The summed E-state index contributed by atoms with van der Waals surface area (Å²) in [4.78, 5) is 15.5. The number of aryl methyl sites for hydroxylation is 2. The van der Waals surface area contributed by atoms with Crippen molar-refractivity contribution < 1.29 is 9.90 Å². The number of nitrogens with zero attached hydrogens (tertiary/aromatic N) is 3. The minimum absolute atomic E-state index is 0.213. The Kier molecular flexibility index (Phi) is 2.26. The van der Waals surface area contributed by atoms with Crippen LogP contribution < -0.4 is 5.32 Å². The second-order valence-corrected chi connectivity index (χ2v) is 4.68. The first-order chi connectivity index (χ1) is 8.58. The van der Waals surface area contributed by atoms with Crippen LogP contribution in [0.2, 0.25) is 0 Å². The van der Waals surface area contributed by atoms with E-state index in [0.29, 0.717) is 17.4 Å². The average Bonchev–Trinajstić information content (AvgIpc) is 3.06. The van der Waals surface area contributed by atoms with Gasteiger partial charge in [0.2, 0.25) is 0 Å². The Morgan fingerprint density at radius 3 is 2.89 bits per heavy atom. The van der Waals surface area contributed by atoms with Crippen LogP contribution in [0.15, 0.2) is 6.20 Å². The molecule has 2 heterocycles. The van der Waals surface area contributed by atoms with Crippen molar-refractivity contribution in [3.05, 3.63) is 17.5 Å². The largest absolute Gasteiger partial charge is 0.478 e. The first kappa shape index (κ1) is 11.0. The molecule has 1 saturated carbocycles. The van der Waals surface area contributed by atoms with E-state index >= 15 is 0 Å². The zero-order valence-corrected chi connectivity index (χ0v) is 10.3. The van der Waals surface area contributed by atoms with Crippen molar-refractivity contribution in [2.75, 3.05) is 5.32 Å². The predicted octanol–water partition coefficient (Wildman–Crippen LogP) is 1.55. The smallest absolute Gasteiger partial charge is 0.339 e. The van der Waals surface area contributed by atoms with E-state index in [2.05, 4.69) is 15.4 Å². The summed E-state index contributed by atoms with van der Waals surface area (Å²) in [6.45, 7) is 1.87. The van der Waals surface area contributed by atoms with Crippen molar-refractivity contribution in [2.45, 2.75) is 25.8 Å². The second kappa shape index (κ2) is 3.69. The number of nitrogens with one attached hydrogen (secondary N) is 1. The first-order valence-corrected chi connectivity index (χ1v) is 5.90. The van der Waals surface area contributed by atoms with Crippen LogP contribution in [0.5, 0.6) is 0 Å². The summed E-state index contributed by atoms with van der Waals surface area (Å²) in [5, 5.41) is 17.6. The third-order valence-electron chi connectivity index (χ3n) is 3.18. The van der Waals surface area contributed by atoms with Gasteiger partial charge < -0.3 is 10.4 Å². The third kappa shape index (κ3) is 1.61. The van der Waals surface area contributed by atoms with E-state index in [1.54, 1.807) is 4.68 Å². The number of anilines is 1. The molecular weight excluding hydrogens is 232 g/mol. The van der Waals surface area contributed by atoms with Gasteiger partial charge in [-0.25, -0.2) is 9.78 Å². The molecule has 2 aromatic heterocycles. The highest BCUT2D eigenvalue weighted by Crippen LogP contribution is 2.33. The van der Waals surface area contributed by atoms with Crippen LogP contribution >= 0.6 is 0 Å². The summed E-state index contributed by atoms with van der Waals surface area (Å²) < 4.78 is 1.67. The molecule has 0 unspecified atom stereocenters. The molecule has 3 rings (SSSR count). The standard InChI is InChI=1S/C12H14N4O2/c1-6-9-10(14-7-3-4-7)8(12(17)18)5-13-11(9)16(2)15-6/h5,7H,3-4H2,1-2H3,(H,13,14)(H,17,18). The molecule has 2 aromatic rings. The van der Waals surface area contributed by atoms with E-state index in [4.69, 9.17) is 0 Å². The van der Waals surface area contributed by atoms with E-state index in [1.165, 1.54) is 6.20 Å². The Labute approximate surface area is 104 Å². The Morgan fingerprint density at radius 1 is 1.56 bits per heavy atom. The molecule has 0 aromatic carbocycles. The molecule has 0 saturated heterocycles. The maximum atomic E-state index is 11.3. The molecule has 0 amide bonds. The van der Waals surface area contributed by atoms with E-state index in [-0.39, 0.29) is 5.56 Å². The van der Waals surface area contributed by atoms with Gasteiger partial charge in [0, 0.05) is 19.3 Å². The molecule has 0 bridgehead atoms. The lowest BCUT2D eigenvalue weighted by Crippen LogP contribution is -2.09. The van der Waals surface area contributed by atoms with Gasteiger partial charge in [-0.2, -0.15) is 5.10 Å². The number of carbonyl (C=O) groups is 1. The van der Waals surface area contributed by atoms with Crippen molar-refractivity contribution in [3.63, 3.8) is 0 Å². The summed E-state index contributed by atoms with van der Waals surface area (Å²) in [5.41, 5.74) is 2.37. The van der Waals surface area contributed by atoms with Gasteiger partial charge in [-0.15, -0.1) is 0 Å². The number of aromatic nitrogens is 3. The Hall–Kier alpha value is -2.11. The summed E-state index contributed by atoms with van der Waals surface area (Å²) in [6.07, 6.45) is 3.57. The minimum Gasteiger partial charge on any atom is -0.478 e. The fourth-order valence-corrected chi connectivity index (χ4v) is 2.16. The Morgan fingerprint density at radius 2 is 2.28 bits per heavy atom. The molecule has 1 fully saturated rings. The molecule has 2 N–H and O–H groups in total. The highest BCUT2D eigenvalue weighted by atomic mass is 16.4. The van der Waals surface area contributed by atoms with Crippen LogP contribution in [0.25, 0.3) is 11.0 Å². The molecule has 1 aliphatic carbocycles. The van der Waals surface area contributed by atoms with Gasteiger partial charge in [0.25, 0.3) is 0 Å². The maximum absolute atomic E-state index is 11.3. The maximum Gasteiger partial charge on any atom is 0.339 e. The van der Waals surface area contributed by atoms with Crippen molar-refractivity contribution in [1.29, 1.82) is 0 Å². The van der Waals surface area contributed by atoms with Crippen LogP contribution in [-0.4, -0.2) is 31.9 Å². The minimum atomic E-state index is -0.962. The monoisotopic (exact) mass is 246 g/mol. The summed E-state index contributed by atoms with van der Waals surface area (Å²) in [7, 11) is 1.81. The lowest BCUT2D eigenvalue weighted by molar-refractivity contribution is 0.0697. The number of carboxylic acids is 1. The van der Waals surface area contributed by atoms with Gasteiger partial charge in [0.1, 0.15) is 5.56 Å². The molecule has 0 spiro atoms. The van der Waals surface area contributed by atoms with Gasteiger partial charge in [0.15, 0.2) is 5.65 Å². The van der Waals surface area contributed by atoms with E-state index < -0.39 is 5.97 Å². The number of hydrogen-bond acceptors (Lipinski definition) is 4. The highest BCUT2D eigenvalue weighted by Gasteiger charge is 2.26. The van der Waals surface area contributed by atoms with E-state index in [1.807, 2.05) is 14.0 Å². The van der Waals surface area contributed by atoms with E-state index in [0.717, 1.165) is 23.9 Å². The van der Waals surface area contributed by atoms with Gasteiger partial charge in [-0.3, -0.25) is 4.68 Å². The number of pyridine rings is 1. The summed E-state index contributed by atoms with van der Waals surface area (Å²) in [6, 6.07) is 0.383. The number of fused-ring (bicyclic) bond motifs is 1. The molecule has 0 aliphatic heterocycles. The van der Waals surface area contributed by atoms with Gasteiger partial charge >= 0.3 is 5.97 Å². The zero-order chi connectivity index (χ0) is 12.9. The molecule has 6 heteroatoms. The molecule has 94 valence electrons. The van der Waals surface area contributed by atoms with Crippen molar-refractivity contribution in [3.8, 4) is 0 Å². The van der Waals surface area contributed by atoms with Crippen LogP contribution in [0.4, 0.5) is 5.69 Å². The van der Waals surface area contributed by atoms with Crippen LogP contribution in [-0.2, 0) is 7.05 Å². The second-order valence-electron chi connectivity index (χ2n) is 4.68. The number of rotatable bonds is 3. The summed E-state index contributed by atoms with van der Waals surface area (Å²) >= 11 is 0. The van der Waals surface area contributed by atoms with Gasteiger partial charge in [0.05, 0.1) is 16.8 Å². The summed E-state index contributed by atoms with van der Waals surface area (Å²) in [5.74, 6) is -0.962. The Bertz CT molecular complexity index is 643. The predicted molar refractivity (Wildman–Crippen MR) is 66.9 cm³/mol. The van der Waals surface area contributed by atoms with Crippen molar-refractivity contribution in [1.82, 2.24) is 14.8 Å². The highest BCUT2D eigenvalue weighted by molar-refractivity contribution is 6.04. The Balaban J connectivity index is 2.28. The molecule has 0 atom stereocenters. The number of carboxylic acid groups (broad SMARTS) is 1. The SMILES string of the molecule is Cc1nn(C)c2ncc(C(=O)O)c(NC3CC3)c12. The molecule has 6 nitrogen and oxygen atoms in total. The van der Waals surface area contributed by atoms with E-state index in [9.17, 15) is 9.90 Å². The fraction of sp³-hybridized carbons (Fsp3) is 0.417. The average molecular weight is 246 g/mol. The molecule has 0 radical (unpaired) electrons. The van der Waals surface area contributed by atoms with Crippen molar-refractivity contribution >= 4 is 22.7 Å². The third-order valence-corrected chi connectivity index (χ3v) is 3.18. The molecular formula is C12H14N4O2.